The Balaban J connectivity index is 1.36. The summed E-state index contributed by atoms with van der Waals surface area (Å²) in [6.07, 6.45) is 0. The third-order valence-corrected chi connectivity index (χ3v) is 6.04. The molecule has 10 heteroatoms. The van der Waals surface area contributed by atoms with E-state index in [1.807, 2.05) is 6.07 Å². The predicted molar refractivity (Wildman–Crippen MR) is 148 cm³/mol. The maximum absolute atomic E-state index is 12.8. The number of halogens is 2. The van der Waals surface area contributed by atoms with Crippen molar-refractivity contribution >= 4 is 52.3 Å². The van der Waals surface area contributed by atoms with Crippen molar-refractivity contribution in [2.75, 3.05) is 22.6 Å². The van der Waals surface area contributed by atoms with Crippen LogP contribution in [0.1, 0.15) is 20.7 Å². The molecule has 0 saturated heterocycles. The minimum absolute atomic E-state index is 0.180. The molecular formula is C29H23F2N3O4S. The lowest BCUT2D eigenvalue weighted by Crippen LogP contribution is -2.23. The zero-order chi connectivity index (χ0) is 27.6. The summed E-state index contributed by atoms with van der Waals surface area (Å²) in [6.45, 7) is -0.582. The van der Waals surface area contributed by atoms with Crippen molar-refractivity contribution in [1.29, 1.82) is 0 Å². The van der Waals surface area contributed by atoms with Crippen molar-refractivity contribution in [1.82, 2.24) is 0 Å². The fourth-order valence-corrected chi connectivity index (χ4v) is 4.05. The van der Waals surface area contributed by atoms with Gasteiger partial charge in [0.25, 0.3) is 17.6 Å². The van der Waals surface area contributed by atoms with Crippen molar-refractivity contribution in [3.05, 3.63) is 114 Å². The first-order valence-corrected chi connectivity index (χ1v) is 12.6. The van der Waals surface area contributed by atoms with E-state index in [4.69, 9.17) is 4.74 Å². The second kappa shape index (κ2) is 13.2. The van der Waals surface area contributed by atoms with Gasteiger partial charge in [-0.1, -0.05) is 54.2 Å². The third-order valence-electron chi connectivity index (χ3n) is 5.32. The number of carbonyl (C=O) groups excluding carboxylic acids is 3. The van der Waals surface area contributed by atoms with Gasteiger partial charge in [-0.2, -0.15) is 8.78 Å². The first kappa shape index (κ1) is 27.3. The maximum Gasteiger partial charge on any atom is 0.340 e. The number of amides is 2. The molecule has 4 aromatic rings. The molecule has 2 amide bonds. The van der Waals surface area contributed by atoms with Crippen LogP contribution in [0.5, 0.6) is 0 Å². The lowest BCUT2D eigenvalue weighted by atomic mass is 10.1. The summed E-state index contributed by atoms with van der Waals surface area (Å²) < 4.78 is 30.3. The van der Waals surface area contributed by atoms with Crippen molar-refractivity contribution in [2.24, 2.45) is 0 Å². The zero-order valence-electron chi connectivity index (χ0n) is 20.4. The first-order chi connectivity index (χ1) is 18.9. The zero-order valence-corrected chi connectivity index (χ0v) is 21.2. The molecule has 0 aromatic heterocycles. The molecule has 0 radical (unpaired) electrons. The molecule has 0 bridgehead atoms. The van der Waals surface area contributed by atoms with Crippen LogP contribution in [-0.4, -0.2) is 30.1 Å². The summed E-state index contributed by atoms with van der Waals surface area (Å²) >= 11 is 0.438. The number of esters is 1. The fraction of sp³-hybridized carbons (Fsp3) is 0.0690. The van der Waals surface area contributed by atoms with Crippen LogP contribution >= 0.6 is 11.8 Å². The van der Waals surface area contributed by atoms with Crippen LogP contribution < -0.4 is 16.0 Å². The molecule has 4 rings (SSSR count). The van der Waals surface area contributed by atoms with Crippen LogP contribution in [0.2, 0.25) is 0 Å². The molecule has 39 heavy (non-hydrogen) atoms. The normalized spacial score (nSPS) is 10.5. The van der Waals surface area contributed by atoms with Gasteiger partial charge in [0.1, 0.15) is 0 Å². The van der Waals surface area contributed by atoms with Crippen LogP contribution in [-0.2, 0) is 9.53 Å². The van der Waals surface area contributed by atoms with Gasteiger partial charge in [0.2, 0.25) is 0 Å². The largest absolute Gasteiger partial charge is 0.452 e. The van der Waals surface area contributed by atoms with Crippen LogP contribution in [0.4, 0.5) is 31.5 Å². The number of hydrogen-bond donors (Lipinski definition) is 3. The lowest BCUT2D eigenvalue weighted by Gasteiger charge is -2.13. The summed E-state index contributed by atoms with van der Waals surface area (Å²) in [5.74, 6) is -4.29. The van der Waals surface area contributed by atoms with Gasteiger partial charge in [-0.05, 0) is 60.7 Å². The highest BCUT2D eigenvalue weighted by atomic mass is 32.2. The summed E-state index contributed by atoms with van der Waals surface area (Å²) in [4.78, 5) is 38.5. The van der Waals surface area contributed by atoms with Gasteiger partial charge < -0.3 is 20.7 Å². The van der Waals surface area contributed by atoms with E-state index >= 15 is 0 Å². The Morgan fingerprint density at radius 3 is 2.00 bits per heavy atom. The third kappa shape index (κ3) is 7.89. The number of rotatable bonds is 10. The van der Waals surface area contributed by atoms with Crippen molar-refractivity contribution in [2.45, 2.75) is 10.7 Å². The van der Waals surface area contributed by atoms with Crippen LogP contribution in [0.15, 0.2) is 108 Å². The van der Waals surface area contributed by atoms with Crippen LogP contribution in [0.25, 0.3) is 0 Å². The summed E-state index contributed by atoms with van der Waals surface area (Å²) in [5.41, 5.74) is 2.29. The van der Waals surface area contributed by atoms with E-state index < -0.39 is 30.1 Å². The molecule has 0 atom stereocenters. The number of nitrogens with one attached hydrogen (secondary N) is 3. The molecule has 0 heterocycles. The number of hydrogen-bond acceptors (Lipinski definition) is 6. The number of thioether (sulfide) groups is 1. The minimum atomic E-state index is -2.52. The lowest BCUT2D eigenvalue weighted by molar-refractivity contribution is -0.119. The van der Waals surface area contributed by atoms with Crippen molar-refractivity contribution in [3.8, 4) is 0 Å². The van der Waals surface area contributed by atoms with E-state index in [2.05, 4.69) is 16.0 Å². The number of anilines is 4. The van der Waals surface area contributed by atoms with E-state index in [1.54, 1.807) is 91.0 Å². The highest BCUT2D eigenvalue weighted by Gasteiger charge is 2.17. The fourth-order valence-electron chi connectivity index (χ4n) is 3.55. The van der Waals surface area contributed by atoms with E-state index in [0.29, 0.717) is 33.7 Å². The first-order valence-electron chi connectivity index (χ1n) is 11.7. The summed E-state index contributed by atoms with van der Waals surface area (Å²) in [5, 5.41) is 8.43. The molecular weight excluding hydrogens is 524 g/mol. The number of alkyl halides is 2. The highest BCUT2D eigenvalue weighted by Crippen LogP contribution is 2.28. The van der Waals surface area contributed by atoms with E-state index in [9.17, 15) is 23.2 Å². The van der Waals surface area contributed by atoms with Gasteiger partial charge in [0.05, 0.1) is 22.5 Å². The molecule has 0 aliphatic rings. The molecule has 0 spiro atoms. The summed E-state index contributed by atoms with van der Waals surface area (Å²) in [7, 11) is 0. The van der Waals surface area contributed by atoms with Gasteiger partial charge in [-0.25, -0.2) is 4.79 Å². The SMILES string of the molecule is O=C(COC(=O)c1ccccc1Nc1ccc(SC(F)F)cc1)Nc1ccccc1C(=O)Nc1ccccc1. The smallest absolute Gasteiger partial charge is 0.340 e. The van der Waals surface area contributed by atoms with Gasteiger partial charge >= 0.3 is 5.97 Å². The molecule has 0 aliphatic heterocycles. The van der Waals surface area contributed by atoms with Gasteiger partial charge in [-0.15, -0.1) is 0 Å². The topological polar surface area (TPSA) is 96.5 Å². The standard InChI is InChI=1S/C29H23F2N3O4S/c30-29(31)39-21-16-14-20(15-17-21)32-25-13-7-5-11-23(25)28(37)38-18-26(35)34-24-12-6-4-10-22(24)27(36)33-19-8-2-1-3-9-19/h1-17,29,32H,18H2,(H,33,36)(H,34,35). The Morgan fingerprint density at radius 2 is 1.31 bits per heavy atom. The van der Waals surface area contributed by atoms with E-state index in [1.165, 1.54) is 6.07 Å². The number of para-hydroxylation sites is 3. The average molecular weight is 548 g/mol. The Kier molecular flexibility index (Phi) is 9.25. The monoisotopic (exact) mass is 547 g/mol. The number of benzene rings is 4. The van der Waals surface area contributed by atoms with Gasteiger partial charge in [0, 0.05) is 16.3 Å². The Labute approximate surface area is 227 Å². The van der Waals surface area contributed by atoms with Crippen LogP contribution in [0.3, 0.4) is 0 Å². The van der Waals surface area contributed by atoms with Gasteiger partial charge in [-0.3, -0.25) is 9.59 Å². The molecule has 198 valence electrons. The van der Waals surface area contributed by atoms with Crippen LogP contribution in [0, 0.1) is 0 Å². The predicted octanol–water partition coefficient (Wildman–Crippen LogP) is 6.79. The second-order valence-corrected chi connectivity index (χ2v) is 9.13. The summed E-state index contributed by atoms with van der Waals surface area (Å²) in [6, 6.07) is 28.2. The molecule has 0 fully saturated rings. The molecule has 3 N–H and O–H groups in total. The number of ether oxygens (including phenoxy) is 1. The second-order valence-electron chi connectivity index (χ2n) is 8.06. The van der Waals surface area contributed by atoms with E-state index in [-0.39, 0.29) is 16.8 Å². The van der Waals surface area contributed by atoms with E-state index in [0.717, 1.165) is 0 Å². The van der Waals surface area contributed by atoms with Gasteiger partial charge in [0.15, 0.2) is 6.61 Å². The minimum Gasteiger partial charge on any atom is -0.452 e. The molecule has 4 aromatic carbocycles. The van der Waals surface area contributed by atoms with Crippen molar-refractivity contribution < 1.29 is 27.9 Å². The quantitative estimate of drug-likeness (QED) is 0.149. The maximum atomic E-state index is 12.8. The highest BCUT2D eigenvalue weighted by molar-refractivity contribution is 7.99. The Hall–Kier alpha value is -4.70. The Bertz CT molecular complexity index is 1450. The molecule has 7 nitrogen and oxygen atoms in total. The molecule has 0 unspecified atom stereocenters. The Morgan fingerprint density at radius 1 is 0.692 bits per heavy atom. The number of carbonyl (C=O) groups is 3. The average Bonchev–Trinajstić information content (AvgIpc) is 2.93. The molecule has 0 aliphatic carbocycles. The molecule has 0 saturated carbocycles. The van der Waals surface area contributed by atoms with Crippen molar-refractivity contribution in [3.63, 3.8) is 0 Å².